The Morgan fingerprint density at radius 2 is 2.04 bits per heavy atom. The van der Waals surface area contributed by atoms with E-state index in [1.165, 1.54) is 42.6 Å². The van der Waals surface area contributed by atoms with Gasteiger partial charge in [-0.1, -0.05) is 13.8 Å². The summed E-state index contributed by atoms with van der Waals surface area (Å²) in [6.07, 6.45) is 6.93. The number of aliphatic imine (C=N–C) groups is 1. The van der Waals surface area contributed by atoms with Crippen LogP contribution in [0.1, 0.15) is 63.4 Å². The number of hydrogen-bond acceptors (Lipinski definition) is 3. The maximum absolute atomic E-state index is 5.85. The van der Waals surface area contributed by atoms with Crippen molar-refractivity contribution in [3.05, 3.63) is 17.0 Å². The van der Waals surface area contributed by atoms with Gasteiger partial charge < -0.3 is 15.0 Å². The molecule has 6 nitrogen and oxygen atoms in total. The van der Waals surface area contributed by atoms with Crippen LogP contribution < -0.4 is 5.32 Å². The van der Waals surface area contributed by atoms with Crippen LogP contribution in [0.4, 0.5) is 0 Å². The summed E-state index contributed by atoms with van der Waals surface area (Å²) in [4.78, 5) is 7.52. The van der Waals surface area contributed by atoms with Crippen LogP contribution in [0.15, 0.2) is 4.99 Å². The molecule has 1 spiro atoms. The third-order valence-electron chi connectivity index (χ3n) is 6.11. The fourth-order valence-corrected chi connectivity index (χ4v) is 4.77. The second-order valence-electron chi connectivity index (χ2n) is 8.05. The summed E-state index contributed by atoms with van der Waals surface area (Å²) >= 11 is 0. The van der Waals surface area contributed by atoms with Crippen LogP contribution in [-0.2, 0) is 31.2 Å². The molecule has 152 valence electrons. The van der Waals surface area contributed by atoms with E-state index in [0.29, 0.717) is 12.0 Å². The molecule has 1 N–H and O–H groups in total. The summed E-state index contributed by atoms with van der Waals surface area (Å²) in [7, 11) is 2.05. The molecule has 2 aliphatic heterocycles. The lowest BCUT2D eigenvalue weighted by Gasteiger charge is -2.45. The minimum atomic E-state index is 0.324. The SMILES string of the molecule is CCNC(=NCc1c(CC)nn(C)c1CC)N1CCCC2(CCCOC2)C1. The highest BCUT2D eigenvalue weighted by Crippen LogP contribution is 2.37. The predicted molar refractivity (Wildman–Crippen MR) is 110 cm³/mol. The van der Waals surface area contributed by atoms with Gasteiger partial charge in [-0.2, -0.15) is 5.10 Å². The van der Waals surface area contributed by atoms with Crippen molar-refractivity contribution in [2.45, 2.75) is 65.8 Å². The van der Waals surface area contributed by atoms with Crippen molar-refractivity contribution in [1.29, 1.82) is 0 Å². The lowest BCUT2D eigenvalue weighted by molar-refractivity contribution is -0.0370. The second kappa shape index (κ2) is 9.09. The van der Waals surface area contributed by atoms with Gasteiger partial charge >= 0.3 is 0 Å². The highest BCUT2D eigenvalue weighted by molar-refractivity contribution is 5.80. The Labute approximate surface area is 164 Å². The van der Waals surface area contributed by atoms with Crippen LogP contribution >= 0.6 is 0 Å². The Kier molecular flexibility index (Phi) is 6.79. The molecule has 2 aliphatic rings. The van der Waals surface area contributed by atoms with E-state index >= 15 is 0 Å². The summed E-state index contributed by atoms with van der Waals surface area (Å²) < 4.78 is 7.88. The van der Waals surface area contributed by atoms with Gasteiger partial charge in [0.2, 0.25) is 0 Å². The van der Waals surface area contributed by atoms with Gasteiger partial charge in [0.15, 0.2) is 5.96 Å². The standard InChI is InChI=1S/C21H37N5O/c1-5-18-17(19(6-2)25(4)24-18)14-23-20(22-7-3)26-12-8-10-21(15-26)11-9-13-27-16-21/h5-16H2,1-4H3,(H,22,23). The van der Waals surface area contributed by atoms with Gasteiger partial charge in [0, 0.05) is 50.0 Å². The normalized spacial score (nSPS) is 23.9. The zero-order valence-corrected chi connectivity index (χ0v) is 17.7. The topological polar surface area (TPSA) is 54.7 Å². The molecule has 6 heteroatoms. The molecule has 3 rings (SSSR count). The summed E-state index contributed by atoms with van der Waals surface area (Å²) in [6, 6.07) is 0. The largest absolute Gasteiger partial charge is 0.381 e. The monoisotopic (exact) mass is 375 g/mol. The number of nitrogens with one attached hydrogen (secondary N) is 1. The van der Waals surface area contributed by atoms with E-state index < -0.39 is 0 Å². The van der Waals surface area contributed by atoms with Crippen molar-refractivity contribution < 1.29 is 4.74 Å². The average molecular weight is 376 g/mol. The van der Waals surface area contributed by atoms with Crippen molar-refractivity contribution in [3.8, 4) is 0 Å². The van der Waals surface area contributed by atoms with Gasteiger partial charge in [-0.05, 0) is 45.4 Å². The van der Waals surface area contributed by atoms with Crippen LogP contribution in [0.5, 0.6) is 0 Å². The molecule has 1 aromatic rings. The maximum Gasteiger partial charge on any atom is 0.194 e. The molecular weight excluding hydrogens is 338 g/mol. The zero-order valence-electron chi connectivity index (χ0n) is 17.7. The number of rotatable bonds is 5. The molecule has 1 unspecified atom stereocenters. The Morgan fingerprint density at radius 3 is 2.70 bits per heavy atom. The van der Waals surface area contributed by atoms with Crippen LogP contribution in [0.3, 0.4) is 0 Å². The van der Waals surface area contributed by atoms with Crippen molar-refractivity contribution >= 4 is 5.96 Å². The van der Waals surface area contributed by atoms with Gasteiger partial charge in [0.25, 0.3) is 0 Å². The fraction of sp³-hybridized carbons (Fsp3) is 0.810. The molecule has 2 saturated heterocycles. The number of ether oxygens (including phenoxy) is 1. The smallest absolute Gasteiger partial charge is 0.194 e. The lowest BCUT2D eigenvalue weighted by Crippen LogP contribution is -2.53. The van der Waals surface area contributed by atoms with Gasteiger partial charge in [-0.15, -0.1) is 0 Å². The summed E-state index contributed by atoms with van der Waals surface area (Å²) in [5, 5.41) is 8.24. The third-order valence-corrected chi connectivity index (χ3v) is 6.11. The molecular formula is C21H37N5O. The van der Waals surface area contributed by atoms with E-state index in [1.54, 1.807) is 0 Å². The number of guanidine groups is 1. The third kappa shape index (κ3) is 4.48. The van der Waals surface area contributed by atoms with Gasteiger partial charge in [-0.25, -0.2) is 4.99 Å². The first-order valence-electron chi connectivity index (χ1n) is 10.8. The molecule has 27 heavy (non-hydrogen) atoms. The minimum absolute atomic E-state index is 0.324. The van der Waals surface area contributed by atoms with E-state index in [2.05, 4.69) is 31.0 Å². The number of piperidine rings is 1. The van der Waals surface area contributed by atoms with Crippen LogP contribution in [0.25, 0.3) is 0 Å². The van der Waals surface area contributed by atoms with E-state index in [-0.39, 0.29) is 0 Å². The maximum atomic E-state index is 5.85. The second-order valence-corrected chi connectivity index (χ2v) is 8.05. The highest BCUT2D eigenvalue weighted by atomic mass is 16.5. The van der Waals surface area contributed by atoms with E-state index in [0.717, 1.165) is 51.6 Å². The zero-order chi connectivity index (χ0) is 19.3. The molecule has 2 fully saturated rings. The first-order valence-corrected chi connectivity index (χ1v) is 10.8. The molecule has 0 saturated carbocycles. The van der Waals surface area contributed by atoms with Crippen LogP contribution in [-0.4, -0.2) is 53.5 Å². The first-order chi connectivity index (χ1) is 13.1. The first kappa shape index (κ1) is 20.2. The molecule has 0 bridgehead atoms. The Morgan fingerprint density at radius 1 is 1.22 bits per heavy atom. The van der Waals surface area contributed by atoms with Gasteiger partial charge in [-0.3, -0.25) is 4.68 Å². The van der Waals surface area contributed by atoms with Crippen molar-refractivity contribution in [3.63, 3.8) is 0 Å². The molecule has 0 amide bonds. The summed E-state index contributed by atoms with van der Waals surface area (Å²) in [5.74, 6) is 1.05. The highest BCUT2D eigenvalue weighted by Gasteiger charge is 2.38. The Balaban J connectivity index is 1.79. The number of hydrogen-bond donors (Lipinski definition) is 1. The van der Waals surface area contributed by atoms with Crippen molar-refractivity contribution in [1.82, 2.24) is 20.0 Å². The van der Waals surface area contributed by atoms with Gasteiger partial charge in [0.1, 0.15) is 0 Å². The van der Waals surface area contributed by atoms with Crippen molar-refractivity contribution in [2.75, 3.05) is 32.8 Å². The molecule has 3 heterocycles. The van der Waals surface area contributed by atoms with E-state index in [9.17, 15) is 0 Å². The Bertz CT molecular complexity index is 640. The average Bonchev–Trinajstić information content (AvgIpc) is 3.00. The number of aromatic nitrogens is 2. The van der Waals surface area contributed by atoms with Crippen molar-refractivity contribution in [2.24, 2.45) is 17.5 Å². The van der Waals surface area contributed by atoms with Gasteiger partial charge in [0.05, 0.1) is 18.8 Å². The van der Waals surface area contributed by atoms with Crippen LogP contribution in [0, 0.1) is 5.41 Å². The van der Waals surface area contributed by atoms with Crippen LogP contribution in [0.2, 0.25) is 0 Å². The number of aryl methyl sites for hydroxylation is 2. The van der Waals surface area contributed by atoms with E-state index in [4.69, 9.17) is 14.8 Å². The predicted octanol–water partition coefficient (Wildman–Crippen LogP) is 2.90. The number of likely N-dealkylation sites (tertiary alicyclic amines) is 1. The van der Waals surface area contributed by atoms with E-state index in [1.807, 2.05) is 11.7 Å². The quantitative estimate of drug-likeness (QED) is 0.635. The molecule has 0 aliphatic carbocycles. The molecule has 0 aromatic carbocycles. The summed E-state index contributed by atoms with van der Waals surface area (Å²) in [6.45, 7) is 12.1. The summed E-state index contributed by atoms with van der Waals surface area (Å²) in [5.41, 5.74) is 4.13. The Hall–Kier alpha value is -1.56. The molecule has 0 radical (unpaired) electrons. The minimum Gasteiger partial charge on any atom is -0.381 e. The lowest BCUT2D eigenvalue weighted by atomic mass is 9.76. The molecule has 1 atom stereocenters. The number of nitrogens with zero attached hydrogens (tertiary/aromatic N) is 4. The molecule has 1 aromatic heterocycles. The fourth-order valence-electron chi connectivity index (χ4n) is 4.77.